The second-order valence-corrected chi connectivity index (χ2v) is 3.72. The maximum absolute atomic E-state index is 3.76. The van der Waals surface area contributed by atoms with Crippen molar-refractivity contribution in [2.45, 2.75) is 33.6 Å². The first kappa shape index (κ1) is 11.7. The van der Waals surface area contributed by atoms with Crippen LogP contribution in [-0.4, -0.2) is 13.1 Å². The number of rotatable bonds is 7. The lowest BCUT2D eigenvalue weighted by molar-refractivity contribution is 0.481. The van der Waals surface area contributed by atoms with Crippen LogP contribution in [0.2, 0.25) is 0 Å². The van der Waals surface area contributed by atoms with E-state index in [4.69, 9.17) is 0 Å². The molecule has 0 radical (unpaired) electrons. The van der Waals surface area contributed by atoms with Crippen molar-refractivity contribution in [2.75, 3.05) is 13.1 Å². The highest BCUT2D eigenvalue weighted by atomic mass is 14.8. The topological polar surface area (TPSA) is 12.0 Å². The molecule has 12 heavy (non-hydrogen) atoms. The first-order valence-corrected chi connectivity index (χ1v) is 5.04. The second-order valence-electron chi connectivity index (χ2n) is 3.72. The van der Waals surface area contributed by atoms with Crippen LogP contribution in [0.1, 0.15) is 33.6 Å². The van der Waals surface area contributed by atoms with Gasteiger partial charge < -0.3 is 5.32 Å². The number of hydrogen-bond donors (Lipinski definition) is 1. The minimum absolute atomic E-state index is 0.648. The van der Waals surface area contributed by atoms with Gasteiger partial charge in [0.05, 0.1) is 0 Å². The van der Waals surface area contributed by atoms with E-state index in [9.17, 15) is 0 Å². The Morgan fingerprint density at radius 3 is 2.58 bits per heavy atom. The highest BCUT2D eigenvalue weighted by Gasteiger charge is 1.98. The maximum atomic E-state index is 3.76. The van der Waals surface area contributed by atoms with E-state index in [1.807, 2.05) is 6.08 Å². The Bertz CT molecular complexity index is 110. The van der Waals surface area contributed by atoms with Gasteiger partial charge in [0.15, 0.2) is 0 Å². The molecule has 0 aromatic carbocycles. The monoisotopic (exact) mass is 169 g/mol. The molecule has 0 rings (SSSR count). The highest BCUT2D eigenvalue weighted by Crippen LogP contribution is 2.01. The fraction of sp³-hybridized carbons (Fsp3) is 0.818. The Morgan fingerprint density at radius 1 is 1.42 bits per heavy atom. The van der Waals surface area contributed by atoms with Crippen LogP contribution in [0.15, 0.2) is 12.7 Å². The molecular formula is C11H23N. The Labute approximate surface area is 77.2 Å². The summed E-state index contributed by atoms with van der Waals surface area (Å²) in [6.45, 7) is 12.8. The number of allylic oxidation sites excluding steroid dienone is 1. The zero-order valence-electron chi connectivity index (χ0n) is 8.77. The molecule has 1 heteroatoms. The van der Waals surface area contributed by atoms with Crippen LogP contribution in [0.3, 0.4) is 0 Å². The van der Waals surface area contributed by atoms with E-state index in [1.54, 1.807) is 0 Å². The molecule has 2 unspecified atom stereocenters. The molecule has 0 fully saturated rings. The average molecular weight is 169 g/mol. The summed E-state index contributed by atoms with van der Waals surface area (Å²) in [5.74, 6) is 1.46. The van der Waals surface area contributed by atoms with Crippen molar-refractivity contribution in [1.82, 2.24) is 5.32 Å². The lowest BCUT2D eigenvalue weighted by atomic mass is 10.1. The van der Waals surface area contributed by atoms with Crippen molar-refractivity contribution in [3.8, 4) is 0 Å². The van der Waals surface area contributed by atoms with E-state index in [2.05, 4.69) is 32.7 Å². The summed E-state index contributed by atoms with van der Waals surface area (Å²) in [5, 5.41) is 3.45. The van der Waals surface area contributed by atoms with E-state index in [1.165, 1.54) is 12.8 Å². The van der Waals surface area contributed by atoms with Crippen LogP contribution in [-0.2, 0) is 0 Å². The number of hydrogen-bond acceptors (Lipinski definition) is 1. The summed E-state index contributed by atoms with van der Waals surface area (Å²) in [6.07, 6.45) is 4.49. The zero-order chi connectivity index (χ0) is 9.40. The van der Waals surface area contributed by atoms with E-state index >= 15 is 0 Å². The van der Waals surface area contributed by atoms with Gasteiger partial charge in [-0.25, -0.2) is 0 Å². The summed E-state index contributed by atoms with van der Waals surface area (Å²) < 4.78 is 0. The van der Waals surface area contributed by atoms with Crippen molar-refractivity contribution in [1.29, 1.82) is 0 Å². The van der Waals surface area contributed by atoms with Crippen LogP contribution in [0, 0.1) is 11.8 Å². The van der Waals surface area contributed by atoms with Crippen molar-refractivity contribution < 1.29 is 0 Å². The molecule has 0 heterocycles. The van der Waals surface area contributed by atoms with Gasteiger partial charge in [-0.05, 0) is 31.3 Å². The Hall–Kier alpha value is -0.300. The molecule has 0 aliphatic carbocycles. The van der Waals surface area contributed by atoms with Gasteiger partial charge in [-0.15, -0.1) is 6.58 Å². The number of nitrogens with one attached hydrogen (secondary N) is 1. The molecule has 0 amide bonds. The van der Waals surface area contributed by atoms with Gasteiger partial charge in [0.1, 0.15) is 0 Å². The van der Waals surface area contributed by atoms with Gasteiger partial charge >= 0.3 is 0 Å². The molecule has 0 saturated heterocycles. The van der Waals surface area contributed by atoms with Crippen LogP contribution in [0.5, 0.6) is 0 Å². The minimum atomic E-state index is 0.648. The van der Waals surface area contributed by atoms with Crippen LogP contribution in [0.4, 0.5) is 0 Å². The Morgan fingerprint density at radius 2 is 2.08 bits per heavy atom. The third-order valence-corrected chi connectivity index (χ3v) is 2.37. The van der Waals surface area contributed by atoms with E-state index < -0.39 is 0 Å². The standard InChI is InChI=1S/C11H23N/c1-5-10(3)7-8-12-9-11(4)6-2/h5,10-12H,1,6-9H2,2-4H3. The zero-order valence-corrected chi connectivity index (χ0v) is 8.77. The molecule has 0 spiro atoms. The average Bonchev–Trinajstić information content (AvgIpc) is 2.11. The Kier molecular flexibility index (Phi) is 7.17. The normalized spacial score (nSPS) is 15.6. The van der Waals surface area contributed by atoms with Crippen molar-refractivity contribution in [3.05, 3.63) is 12.7 Å². The van der Waals surface area contributed by atoms with Gasteiger partial charge in [-0.2, -0.15) is 0 Å². The molecule has 0 saturated carbocycles. The smallest absolute Gasteiger partial charge is 0.00233 e. The van der Waals surface area contributed by atoms with Crippen molar-refractivity contribution in [3.63, 3.8) is 0 Å². The van der Waals surface area contributed by atoms with Gasteiger partial charge in [-0.3, -0.25) is 0 Å². The second kappa shape index (κ2) is 7.35. The van der Waals surface area contributed by atoms with E-state index in [0.29, 0.717) is 5.92 Å². The Balaban J connectivity index is 3.15. The largest absolute Gasteiger partial charge is 0.316 e. The van der Waals surface area contributed by atoms with Gasteiger partial charge in [0, 0.05) is 0 Å². The predicted molar refractivity (Wildman–Crippen MR) is 56.3 cm³/mol. The first-order valence-electron chi connectivity index (χ1n) is 5.04. The molecule has 72 valence electrons. The predicted octanol–water partition coefficient (Wildman–Crippen LogP) is 2.83. The maximum Gasteiger partial charge on any atom is -0.00233 e. The minimum Gasteiger partial charge on any atom is -0.316 e. The van der Waals surface area contributed by atoms with Crippen LogP contribution in [0.25, 0.3) is 0 Å². The fourth-order valence-corrected chi connectivity index (χ4v) is 0.940. The molecule has 0 aromatic rings. The quantitative estimate of drug-likeness (QED) is 0.456. The molecule has 1 N–H and O–H groups in total. The summed E-state index contributed by atoms with van der Waals surface area (Å²) in [6, 6.07) is 0. The van der Waals surface area contributed by atoms with Gasteiger partial charge in [0.25, 0.3) is 0 Å². The van der Waals surface area contributed by atoms with Crippen LogP contribution >= 0.6 is 0 Å². The fourth-order valence-electron chi connectivity index (χ4n) is 0.940. The van der Waals surface area contributed by atoms with Gasteiger partial charge in [-0.1, -0.05) is 33.3 Å². The summed E-state index contributed by atoms with van der Waals surface area (Å²) in [7, 11) is 0. The summed E-state index contributed by atoms with van der Waals surface area (Å²) in [4.78, 5) is 0. The summed E-state index contributed by atoms with van der Waals surface area (Å²) >= 11 is 0. The molecule has 0 aliphatic heterocycles. The molecule has 2 atom stereocenters. The third-order valence-electron chi connectivity index (χ3n) is 2.37. The molecular weight excluding hydrogens is 146 g/mol. The van der Waals surface area contributed by atoms with E-state index in [0.717, 1.165) is 19.0 Å². The van der Waals surface area contributed by atoms with Crippen LogP contribution < -0.4 is 5.32 Å². The highest BCUT2D eigenvalue weighted by molar-refractivity contribution is 4.75. The van der Waals surface area contributed by atoms with Crippen molar-refractivity contribution >= 4 is 0 Å². The first-order chi connectivity index (χ1) is 5.70. The molecule has 0 aliphatic rings. The van der Waals surface area contributed by atoms with Crippen molar-refractivity contribution in [2.24, 2.45) is 11.8 Å². The molecule has 0 aromatic heterocycles. The lowest BCUT2D eigenvalue weighted by Crippen LogP contribution is -2.22. The SMILES string of the molecule is C=CC(C)CCNCC(C)CC. The molecule has 0 bridgehead atoms. The van der Waals surface area contributed by atoms with Gasteiger partial charge in [0.2, 0.25) is 0 Å². The summed E-state index contributed by atoms with van der Waals surface area (Å²) in [5.41, 5.74) is 0. The molecule has 1 nitrogen and oxygen atoms in total. The third kappa shape index (κ3) is 6.41. The van der Waals surface area contributed by atoms with E-state index in [-0.39, 0.29) is 0 Å². The lowest BCUT2D eigenvalue weighted by Gasteiger charge is -2.11.